The maximum absolute atomic E-state index is 13.6. The van der Waals surface area contributed by atoms with Crippen LogP contribution in [0.5, 0.6) is 0 Å². The van der Waals surface area contributed by atoms with Gasteiger partial charge in [0.2, 0.25) is 17.6 Å². The zero-order chi connectivity index (χ0) is 28.4. The van der Waals surface area contributed by atoms with Crippen LogP contribution < -0.4 is 10.2 Å². The number of amides is 2. The second kappa shape index (κ2) is 11.0. The van der Waals surface area contributed by atoms with Crippen LogP contribution in [0, 0.1) is 11.8 Å². The number of carbonyl (C=O) groups is 3. The minimum absolute atomic E-state index is 0.107. The highest BCUT2D eigenvalue weighted by Crippen LogP contribution is 2.36. The fourth-order valence-electron chi connectivity index (χ4n) is 5.29. The molecule has 210 valence electrons. The molecule has 2 amide bonds. The number of nitrogens with one attached hydrogen (secondary N) is 1. The highest BCUT2D eigenvalue weighted by atomic mass is 19.4. The van der Waals surface area contributed by atoms with E-state index >= 15 is 0 Å². The molecule has 1 saturated heterocycles. The number of aliphatic carboxylic acids is 1. The van der Waals surface area contributed by atoms with Crippen molar-refractivity contribution < 1.29 is 37.1 Å². The molecule has 2 heterocycles. The van der Waals surface area contributed by atoms with E-state index in [1.165, 1.54) is 12.1 Å². The average molecular weight is 557 g/mol. The zero-order valence-corrected chi connectivity index (χ0v) is 21.4. The lowest BCUT2D eigenvalue weighted by Gasteiger charge is -2.37. The summed E-state index contributed by atoms with van der Waals surface area (Å²) in [6.07, 6.45) is -3.06. The maximum atomic E-state index is 13.6. The average Bonchev–Trinajstić information content (AvgIpc) is 3.62. The molecular weight excluding hydrogens is 529 g/mol. The standard InChI is InChI=1S/C28H27F3N4O5/c29-28(30,31)23-22(33-25(40-23)17-5-2-1-3-6-17)24(36)32-18-9-11-19(12-10-18)34-13-15-35(16-14-34)26(37)20-7-4-8-21(20)27(38)39/h1-3,5-6,9-12,20-21H,4,7-8,13-16H2,(H,32,36)(H,38,39)/t20?,21-/m0/s1. The van der Waals surface area contributed by atoms with Crippen molar-refractivity contribution in [2.24, 2.45) is 11.8 Å². The molecule has 3 aromatic rings. The number of hydrogen-bond acceptors (Lipinski definition) is 6. The van der Waals surface area contributed by atoms with Crippen molar-refractivity contribution in [1.82, 2.24) is 9.88 Å². The van der Waals surface area contributed by atoms with Crippen molar-refractivity contribution >= 4 is 29.2 Å². The molecular formula is C28H27F3N4O5. The molecule has 2 N–H and O–H groups in total. The molecule has 9 nitrogen and oxygen atoms in total. The number of halogens is 3. The SMILES string of the molecule is O=C(Nc1ccc(N2CCN(C(=O)C3CCC[C@@H]3C(=O)O)CC2)cc1)c1nc(-c2ccccc2)oc1C(F)(F)F. The Morgan fingerprint density at radius 2 is 1.57 bits per heavy atom. The molecule has 1 aliphatic heterocycles. The van der Waals surface area contributed by atoms with E-state index in [9.17, 15) is 32.7 Å². The Bertz CT molecular complexity index is 1380. The summed E-state index contributed by atoms with van der Waals surface area (Å²) in [6.45, 7) is 1.99. The van der Waals surface area contributed by atoms with Crippen LogP contribution in [0.3, 0.4) is 0 Å². The molecule has 1 unspecified atom stereocenters. The van der Waals surface area contributed by atoms with E-state index in [-0.39, 0.29) is 17.5 Å². The van der Waals surface area contributed by atoms with Crippen LogP contribution in [0.25, 0.3) is 11.5 Å². The second-order valence-electron chi connectivity index (χ2n) is 9.86. The van der Waals surface area contributed by atoms with Gasteiger partial charge >= 0.3 is 12.1 Å². The minimum atomic E-state index is -4.91. The molecule has 2 atom stereocenters. The number of oxazole rings is 1. The summed E-state index contributed by atoms with van der Waals surface area (Å²) in [7, 11) is 0. The number of nitrogens with zero attached hydrogens (tertiary/aromatic N) is 3. The smallest absolute Gasteiger partial charge is 0.452 e. The van der Waals surface area contributed by atoms with Gasteiger partial charge in [-0.25, -0.2) is 4.98 Å². The zero-order valence-electron chi connectivity index (χ0n) is 21.4. The Balaban J connectivity index is 1.22. The van der Waals surface area contributed by atoms with Gasteiger partial charge in [0.1, 0.15) is 0 Å². The van der Waals surface area contributed by atoms with E-state index in [0.717, 1.165) is 12.1 Å². The molecule has 2 aliphatic rings. The number of benzene rings is 2. The van der Waals surface area contributed by atoms with E-state index in [4.69, 9.17) is 4.42 Å². The van der Waals surface area contributed by atoms with Gasteiger partial charge in [0.25, 0.3) is 5.91 Å². The summed E-state index contributed by atoms with van der Waals surface area (Å²) in [5.41, 5.74) is 0.547. The fourth-order valence-corrected chi connectivity index (χ4v) is 5.29. The van der Waals surface area contributed by atoms with Crippen molar-refractivity contribution in [3.8, 4) is 11.5 Å². The topological polar surface area (TPSA) is 116 Å². The number of carbonyl (C=O) groups excluding carboxylic acids is 2. The number of aromatic nitrogens is 1. The highest BCUT2D eigenvalue weighted by molar-refractivity contribution is 6.04. The largest absolute Gasteiger partial charge is 0.481 e. The lowest BCUT2D eigenvalue weighted by Crippen LogP contribution is -2.51. The first-order valence-electron chi connectivity index (χ1n) is 12.9. The molecule has 12 heteroatoms. The third kappa shape index (κ3) is 5.65. The van der Waals surface area contributed by atoms with Crippen LogP contribution in [0.15, 0.2) is 59.0 Å². The van der Waals surface area contributed by atoms with Gasteiger partial charge in [-0.05, 0) is 49.2 Å². The fraction of sp³-hybridized carbons (Fsp3) is 0.357. The monoisotopic (exact) mass is 556 g/mol. The number of rotatable bonds is 6. The number of anilines is 2. The summed E-state index contributed by atoms with van der Waals surface area (Å²) >= 11 is 0. The number of hydrogen-bond donors (Lipinski definition) is 2. The number of alkyl halides is 3. The maximum Gasteiger partial charge on any atom is 0.452 e. The van der Waals surface area contributed by atoms with E-state index < -0.39 is 41.3 Å². The van der Waals surface area contributed by atoms with Crippen LogP contribution in [0.1, 0.15) is 35.5 Å². The minimum Gasteiger partial charge on any atom is -0.481 e. The Hall–Kier alpha value is -4.35. The quantitative estimate of drug-likeness (QED) is 0.450. The van der Waals surface area contributed by atoms with Crippen molar-refractivity contribution in [3.63, 3.8) is 0 Å². The van der Waals surface area contributed by atoms with E-state index in [2.05, 4.69) is 10.3 Å². The van der Waals surface area contributed by atoms with Gasteiger partial charge in [-0.3, -0.25) is 14.4 Å². The molecule has 0 radical (unpaired) electrons. The van der Waals surface area contributed by atoms with Crippen LogP contribution in [-0.4, -0.2) is 59.0 Å². The molecule has 1 saturated carbocycles. The van der Waals surface area contributed by atoms with Crippen molar-refractivity contribution in [2.45, 2.75) is 25.4 Å². The van der Waals surface area contributed by atoms with Crippen molar-refractivity contribution in [2.75, 3.05) is 36.4 Å². The molecule has 0 spiro atoms. The van der Waals surface area contributed by atoms with Gasteiger partial charge < -0.3 is 24.6 Å². The lowest BCUT2D eigenvalue weighted by atomic mass is 9.94. The van der Waals surface area contributed by atoms with Gasteiger partial charge in [-0.2, -0.15) is 13.2 Å². The van der Waals surface area contributed by atoms with E-state index in [0.29, 0.717) is 44.6 Å². The number of piperazine rings is 1. The van der Waals surface area contributed by atoms with Crippen LogP contribution >= 0.6 is 0 Å². The summed E-state index contributed by atoms with van der Waals surface area (Å²) in [5.74, 6) is -4.95. The number of carboxylic acid groups (broad SMARTS) is 1. The normalized spacial score (nSPS) is 19.5. The third-order valence-electron chi connectivity index (χ3n) is 7.35. The van der Waals surface area contributed by atoms with Gasteiger partial charge in [-0.1, -0.05) is 24.6 Å². The Morgan fingerprint density at radius 1 is 0.925 bits per heavy atom. The molecule has 5 rings (SSSR count). The van der Waals surface area contributed by atoms with Crippen LogP contribution in [0.2, 0.25) is 0 Å². The molecule has 0 bridgehead atoms. The third-order valence-corrected chi connectivity index (χ3v) is 7.35. The molecule has 2 fully saturated rings. The lowest BCUT2D eigenvalue weighted by molar-refractivity contribution is -0.153. The second-order valence-corrected chi connectivity index (χ2v) is 9.86. The Morgan fingerprint density at radius 3 is 2.20 bits per heavy atom. The Kier molecular flexibility index (Phi) is 7.51. The predicted octanol–water partition coefficient (Wildman–Crippen LogP) is 4.76. The van der Waals surface area contributed by atoms with Gasteiger partial charge in [0.05, 0.1) is 11.8 Å². The summed E-state index contributed by atoms with van der Waals surface area (Å²) < 4.78 is 45.7. The van der Waals surface area contributed by atoms with Gasteiger partial charge in [-0.15, -0.1) is 0 Å². The molecule has 40 heavy (non-hydrogen) atoms. The summed E-state index contributed by atoms with van der Waals surface area (Å²) in [4.78, 5) is 44.7. The molecule has 1 aliphatic carbocycles. The predicted molar refractivity (Wildman–Crippen MR) is 139 cm³/mol. The van der Waals surface area contributed by atoms with Crippen LogP contribution in [0.4, 0.5) is 24.5 Å². The molecule has 2 aromatic carbocycles. The highest BCUT2D eigenvalue weighted by Gasteiger charge is 2.42. The van der Waals surface area contributed by atoms with Crippen molar-refractivity contribution in [3.05, 3.63) is 66.1 Å². The van der Waals surface area contributed by atoms with Gasteiger partial charge in [0.15, 0.2) is 5.69 Å². The number of carboxylic acids is 1. The molecule has 1 aromatic heterocycles. The first-order valence-corrected chi connectivity index (χ1v) is 12.9. The van der Waals surface area contributed by atoms with E-state index in [1.807, 2.05) is 4.90 Å². The summed E-state index contributed by atoms with van der Waals surface area (Å²) in [6, 6.07) is 14.6. The van der Waals surface area contributed by atoms with Crippen LogP contribution in [-0.2, 0) is 15.8 Å². The van der Waals surface area contributed by atoms with Gasteiger partial charge in [0, 0.05) is 43.1 Å². The first-order chi connectivity index (χ1) is 19.1. The summed E-state index contributed by atoms with van der Waals surface area (Å²) in [5, 5.41) is 11.8. The van der Waals surface area contributed by atoms with E-state index in [1.54, 1.807) is 47.4 Å². The van der Waals surface area contributed by atoms with Crippen molar-refractivity contribution in [1.29, 1.82) is 0 Å². The first kappa shape index (κ1) is 27.2. The Labute approximate surface area is 227 Å².